The molecular formula is C14H17Cl2N3O5. The maximum atomic E-state index is 12.5. The van der Waals surface area contributed by atoms with Crippen LogP contribution in [0, 0.1) is 0 Å². The summed E-state index contributed by atoms with van der Waals surface area (Å²) in [6, 6.07) is 0. The predicted octanol–water partition coefficient (Wildman–Crippen LogP) is 2.06. The summed E-state index contributed by atoms with van der Waals surface area (Å²) in [4.78, 5) is 39.1. The number of esters is 2. The standard InChI is InChI=1S/C14H17Cl2N3O5/c1-8(20)23-7-19-10(16)9(15)18-11(19)12(21)24-14(13(17)22)5-3-2-4-6-14/h2-7H2,1H3,(H2,17,22). The molecule has 8 nitrogen and oxygen atoms in total. The molecule has 1 aliphatic carbocycles. The van der Waals surface area contributed by atoms with Gasteiger partial charge >= 0.3 is 11.9 Å². The molecule has 1 aromatic heterocycles. The van der Waals surface area contributed by atoms with E-state index in [1.54, 1.807) is 0 Å². The summed E-state index contributed by atoms with van der Waals surface area (Å²) in [7, 11) is 0. The molecule has 0 atom stereocenters. The highest BCUT2D eigenvalue weighted by Gasteiger charge is 2.43. The van der Waals surface area contributed by atoms with Crippen LogP contribution >= 0.6 is 23.2 Å². The summed E-state index contributed by atoms with van der Waals surface area (Å²) in [5.74, 6) is -2.45. The first-order chi connectivity index (χ1) is 11.3. The van der Waals surface area contributed by atoms with Crippen molar-refractivity contribution in [2.24, 2.45) is 5.73 Å². The van der Waals surface area contributed by atoms with Crippen LogP contribution in [0.25, 0.3) is 0 Å². The Kier molecular flexibility index (Phi) is 5.71. The van der Waals surface area contributed by atoms with Crippen LogP contribution < -0.4 is 5.73 Å². The average molecular weight is 378 g/mol. The maximum absolute atomic E-state index is 12.5. The Balaban J connectivity index is 2.27. The van der Waals surface area contributed by atoms with Crippen molar-refractivity contribution in [3.63, 3.8) is 0 Å². The Morgan fingerprint density at radius 3 is 2.42 bits per heavy atom. The molecule has 1 saturated carbocycles. The molecule has 0 radical (unpaired) electrons. The van der Waals surface area contributed by atoms with E-state index in [9.17, 15) is 14.4 Å². The van der Waals surface area contributed by atoms with E-state index in [4.69, 9.17) is 38.4 Å². The van der Waals surface area contributed by atoms with E-state index in [2.05, 4.69) is 4.98 Å². The third-order valence-electron chi connectivity index (χ3n) is 3.84. The smallest absolute Gasteiger partial charge is 0.375 e. The molecule has 0 saturated heterocycles. The number of nitrogens with two attached hydrogens (primary N) is 1. The van der Waals surface area contributed by atoms with Crippen LogP contribution in [-0.4, -0.2) is 33.0 Å². The fourth-order valence-electron chi connectivity index (χ4n) is 2.58. The Bertz CT molecular complexity index is 668. The van der Waals surface area contributed by atoms with Gasteiger partial charge in [-0.15, -0.1) is 0 Å². The Hall–Kier alpha value is -1.80. The summed E-state index contributed by atoms with van der Waals surface area (Å²) < 4.78 is 11.3. The highest BCUT2D eigenvalue weighted by Crippen LogP contribution is 2.33. The first-order valence-corrected chi connectivity index (χ1v) is 8.10. The molecule has 0 spiro atoms. The van der Waals surface area contributed by atoms with Crippen LogP contribution in [0.3, 0.4) is 0 Å². The number of carbonyl (C=O) groups excluding carboxylic acids is 3. The first kappa shape index (κ1) is 18.5. The van der Waals surface area contributed by atoms with Gasteiger partial charge in [-0.2, -0.15) is 0 Å². The number of hydrogen-bond donors (Lipinski definition) is 1. The average Bonchev–Trinajstić information content (AvgIpc) is 2.81. The molecule has 10 heteroatoms. The van der Waals surface area contributed by atoms with Crippen molar-refractivity contribution in [1.29, 1.82) is 0 Å². The highest BCUT2D eigenvalue weighted by atomic mass is 35.5. The minimum Gasteiger partial charge on any atom is -0.444 e. The number of nitrogens with zero attached hydrogens (tertiary/aromatic N) is 2. The number of ether oxygens (including phenoxy) is 2. The molecule has 1 aliphatic rings. The molecule has 24 heavy (non-hydrogen) atoms. The number of imidazole rings is 1. The lowest BCUT2D eigenvalue weighted by Crippen LogP contribution is -2.49. The number of halogens is 2. The molecule has 0 aliphatic heterocycles. The lowest BCUT2D eigenvalue weighted by molar-refractivity contribution is -0.144. The molecule has 132 valence electrons. The second kappa shape index (κ2) is 7.40. The van der Waals surface area contributed by atoms with Crippen LogP contribution in [0.2, 0.25) is 10.3 Å². The summed E-state index contributed by atoms with van der Waals surface area (Å²) in [6.07, 6.45) is 3.07. The van der Waals surface area contributed by atoms with Gasteiger partial charge in [0.2, 0.25) is 5.82 Å². The fourth-order valence-corrected chi connectivity index (χ4v) is 2.93. The largest absolute Gasteiger partial charge is 0.444 e. The van der Waals surface area contributed by atoms with Gasteiger partial charge in [0.15, 0.2) is 22.6 Å². The molecule has 1 amide bonds. The van der Waals surface area contributed by atoms with E-state index in [1.165, 1.54) is 6.92 Å². The van der Waals surface area contributed by atoms with Gasteiger partial charge in [0.05, 0.1) is 0 Å². The number of rotatable bonds is 5. The lowest BCUT2D eigenvalue weighted by atomic mass is 9.84. The summed E-state index contributed by atoms with van der Waals surface area (Å²) in [6.45, 7) is 0.844. The van der Waals surface area contributed by atoms with Crippen LogP contribution in [0.5, 0.6) is 0 Å². The van der Waals surface area contributed by atoms with Gasteiger partial charge in [0.25, 0.3) is 5.91 Å². The molecule has 2 N–H and O–H groups in total. The van der Waals surface area contributed by atoms with E-state index in [1.807, 2.05) is 0 Å². The van der Waals surface area contributed by atoms with Crippen molar-refractivity contribution in [2.75, 3.05) is 0 Å². The minimum absolute atomic E-state index is 0.0818. The maximum Gasteiger partial charge on any atom is 0.375 e. The van der Waals surface area contributed by atoms with Crippen LogP contribution in [-0.2, 0) is 25.8 Å². The van der Waals surface area contributed by atoms with Crippen molar-refractivity contribution >= 4 is 41.0 Å². The van der Waals surface area contributed by atoms with Gasteiger partial charge in [-0.3, -0.25) is 14.2 Å². The molecule has 2 rings (SSSR count). The molecule has 1 aromatic rings. The molecular weight excluding hydrogens is 361 g/mol. The Morgan fingerprint density at radius 2 is 1.88 bits per heavy atom. The molecule has 1 fully saturated rings. The molecule has 0 bridgehead atoms. The molecule has 1 heterocycles. The van der Waals surface area contributed by atoms with Gasteiger partial charge < -0.3 is 15.2 Å². The number of amides is 1. The van der Waals surface area contributed by atoms with Gasteiger partial charge in [-0.05, 0) is 25.7 Å². The fraction of sp³-hybridized carbons (Fsp3) is 0.571. The molecule has 0 aromatic carbocycles. The van der Waals surface area contributed by atoms with E-state index < -0.39 is 23.4 Å². The van der Waals surface area contributed by atoms with Crippen molar-refractivity contribution in [3.8, 4) is 0 Å². The van der Waals surface area contributed by atoms with E-state index in [0.717, 1.165) is 23.8 Å². The second-order valence-electron chi connectivity index (χ2n) is 5.52. The first-order valence-electron chi connectivity index (χ1n) is 7.35. The van der Waals surface area contributed by atoms with Crippen LogP contribution in [0.4, 0.5) is 0 Å². The van der Waals surface area contributed by atoms with Gasteiger partial charge in [0, 0.05) is 6.92 Å². The van der Waals surface area contributed by atoms with Crippen molar-refractivity contribution < 1.29 is 23.9 Å². The Morgan fingerprint density at radius 1 is 1.25 bits per heavy atom. The highest BCUT2D eigenvalue weighted by molar-refractivity contribution is 6.40. The number of carbonyl (C=O) groups is 3. The topological polar surface area (TPSA) is 114 Å². The summed E-state index contributed by atoms with van der Waals surface area (Å²) >= 11 is 11.8. The minimum atomic E-state index is -1.37. The summed E-state index contributed by atoms with van der Waals surface area (Å²) in [5, 5.41) is -0.228. The number of primary amides is 1. The zero-order chi connectivity index (χ0) is 17.9. The quantitative estimate of drug-likeness (QED) is 0.785. The monoisotopic (exact) mass is 377 g/mol. The number of aromatic nitrogens is 2. The van der Waals surface area contributed by atoms with E-state index >= 15 is 0 Å². The van der Waals surface area contributed by atoms with Gasteiger partial charge in [-0.1, -0.05) is 29.6 Å². The number of hydrogen-bond acceptors (Lipinski definition) is 6. The zero-order valence-corrected chi connectivity index (χ0v) is 14.5. The zero-order valence-electron chi connectivity index (χ0n) is 13.0. The molecule has 0 unspecified atom stereocenters. The van der Waals surface area contributed by atoms with Crippen molar-refractivity contribution in [3.05, 3.63) is 16.1 Å². The van der Waals surface area contributed by atoms with Crippen LogP contribution in [0.15, 0.2) is 0 Å². The second-order valence-corrected chi connectivity index (χ2v) is 6.23. The predicted molar refractivity (Wildman–Crippen MR) is 84.4 cm³/mol. The SMILES string of the molecule is CC(=O)OCn1c(C(=O)OC2(C(N)=O)CCCCC2)nc(Cl)c1Cl. The third kappa shape index (κ3) is 3.81. The van der Waals surface area contributed by atoms with E-state index in [0.29, 0.717) is 12.8 Å². The van der Waals surface area contributed by atoms with Crippen LogP contribution in [0.1, 0.15) is 49.6 Å². The van der Waals surface area contributed by atoms with Crippen molar-refractivity contribution in [1.82, 2.24) is 9.55 Å². The summed E-state index contributed by atoms with van der Waals surface area (Å²) in [5.41, 5.74) is 4.07. The van der Waals surface area contributed by atoms with Gasteiger partial charge in [-0.25, -0.2) is 9.78 Å². The normalized spacial score (nSPS) is 16.5. The van der Waals surface area contributed by atoms with Gasteiger partial charge in [0.1, 0.15) is 0 Å². The van der Waals surface area contributed by atoms with Crippen molar-refractivity contribution in [2.45, 2.75) is 51.4 Å². The lowest BCUT2D eigenvalue weighted by Gasteiger charge is -2.33. The third-order valence-corrected chi connectivity index (χ3v) is 4.59. The Labute approximate surface area is 148 Å². The van der Waals surface area contributed by atoms with E-state index in [-0.39, 0.29) is 22.9 Å².